The highest BCUT2D eigenvalue weighted by molar-refractivity contribution is 5.93. The summed E-state index contributed by atoms with van der Waals surface area (Å²) < 4.78 is 12.0. The molecule has 2 aromatic rings. The van der Waals surface area contributed by atoms with Crippen molar-refractivity contribution in [1.29, 1.82) is 0 Å². The lowest BCUT2D eigenvalue weighted by Gasteiger charge is -2.19. The molecule has 9 nitrogen and oxygen atoms in total. The highest BCUT2D eigenvalue weighted by Crippen LogP contribution is 2.20. The summed E-state index contributed by atoms with van der Waals surface area (Å²) in [6.45, 7) is 7.02. The zero-order valence-electron chi connectivity index (χ0n) is 14.8. The average molecular weight is 347 g/mol. The number of methoxy groups -OCH3 is 1. The third kappa shape index (κ3) is 4.93. The van der Waals surface area contributed by atoms with Gasteiger partial charge in [-0.3, -0.25) is 10.2 Å². The van der Waals surface area contributed by atoms with Crippen molar-refractivity contribution in [3.63, 3.8) is 0 Å². The maximum absolute atomic E-state index is 12.1. The van der Waals surface area contributed by atoms with Gasteiger partial charge < -0.3 is 14.0 Å². The topological polar surface area (TPSA) is 107 Å². The van der Waals surface area contributed by atoms with Gasteiger partial charge in [0.2, 0.25) is 5.88 Å². The zero-order valence-corrected chi connectivity index (χ0v) is 14.8. The third-order valence-corrected chi connectivity index (χ3v) is 2.93. The Morgan fingerprint density at radius 2 is 1.92 bits per heavy atom. The van der Waals surface area contributed by atoms with Crippen molar-refractivity contribution in [1.82, 2.24) is 25.4 Å². The molecule has 2 aromatic heterocycles. The molecule has 0 unspecified atom stereocenters. The van der Waals surface area contributed by atoms with E-state index in [1.165, 1.54) is 13.2 Å². The fraction of sp³-hybridized carbons (Fsp3) is 0.375. The SMILES string of the molecule is COc1nc(C(=O)NNC(=O)OC(C)(C)C)ccc1-n1cnc(C)c1. The Hall–Kier alpha value is -3.10. The molecule has 2 heterocycles. The molecule has 2 amide bonds. The van der Waals surface area contributed by atoms with Crippen molar-refractivity contribution >= 4 is 12.0 Å². The number of aryl methyl sites for hydroxylation is 1. The van der Waals surface area contributed by atoms with Crippen LogP contribution in [-0.4, -0.2) is 39.2 Å². The highest BCUT2D eigenvalue weighted by atomic mass is 16.6. The Balaban J connectivity index is 2.09. The molecule has 134 valence electrons. The summed E-state index contributed by atoms with van der Waals surface area (Å²) in [5, 5.41) is 0. The number of ether oxygens (including phenoxy) is 2. The highest BCUT2D eigenvalue weighted by Gasteiger charge is 2.18. The summed E-state index contributed by atoms with van der Waals surface area (Å²) >= 11 is 0. The van der Waals surface area contributed by atoms with Gasteiger partial charge in [0, 0.05) is 6.20 Å². The Morgan fingerprint density at radius 1 is 1.20 bits per heavy atom. The normalized spacial score (nSPS) is 10.9. The molecule has 0 radical (unpaired) electrons. The Kier molecular flexibility index (Phi) is 5.26. The Labute approximate surface area is 145 Å². The molecular formula is C16H21N5O4. The number of nitrogens with zero attached hydrogens (tertiary/aromatic N) is 3. The number of nitrogens with one attached hydrogen (secondary N) is 2. The van der Waals surface area contributed by atoms with Crippen LogP contribution in [0.15, 0.2) is 24.7 Å². The van der Waals surface area contributed by atoms with E-state index in [0.717, 1.165) is 5.69 Å². The van der Waals surface area contributed by atoms with Gasteiger partial charge >= 0.3 is 6.09 Å². The number of hydrogen-bond donors (Lipinski definition) is 2. The van der Waals surface area contributed by atoms with Gasteiger partial charge in [-0.05, 0) is 39.8 Å². The summed E-state index contributed by atoms with van der Waals surface area (Å²) in [4.78, 5) is 32.0. The van der Waals surface area contributed by atoms with Crippen molar-refractivity contribution in [3.8, 4) is 11.6 Å². The van der Waals surface area contributed by atoms with Gasteiger partial charge in [-0.25, -0.2) is 20.2 Å². The molecule has 2 N–H and O–H groups in total. The molecule has 0 saturated heterocycles. The zero-order chi connectivity index (χ0) is 18.6. The molecule has 0 aliphatic heterocycles. The van der Waals surface area contributed by atoms with Gasteiger partial charge in [-0.2, -0.15) is 0 Å². The second-order valence-corrected chi connectivity index (χ2v) is 6.23. The van der Waals surface area contributed by atoms with Crippen LogP contribution in [0.3, 0.4) is 0 Å². The molecule has 0 bridgehead atoms. The lowest BCUT2D eigenvalue weighted by Crippen LogP contribution is -2.44. The predicted molar refractivity (Wildman–Crippen MR) is 89.5 cm³/mol. The average Bonchev–Trinajstić information content (AvgIpc) is 2.96. The van der Waals surface area contributed by atoms with E-state index in [0.29, 0.717) is 5.69 Å². The summed E-state index contributed by atoms with van der Waals surface area (Å²) in [6, 6.07) is 3.19. The fourth-order valence-electron chi connectivity index (χ4n) is 1.93. The van der Waals surface area contributed by atoms with Crippen LogP contribution in [-0.2, 0) is 4.74 Å². The number of hydrogen-bond acceptors (Lipinski definition) is 6. The molecule has 0 spiro atoms. The number of carbonyl (C=O) groups excluding carboxylic acids is 2. The van der Waals surface area contributed by atoms with Crippen molar-refractivity contribution in [2.75, 3.05) is 7.11 Å². The summed E-state index contributed by atoms with van der Waals surface area (Å²) in [7, 11) is 1.45. The largest absolute Gasteiger partial charge is 0.479 e. The first-order valence-electron chi connectivity index (χ1n) is 7.55. The molecule has 0 atom stereocenters. The molecule has 9 heteroatoms. The molecule has 0 aliphatic rings. The van der Waals surface area contributed by atoms with Crippen molar-refractivity contribution in [2.45, 2.75) is 33.3 Å². The minimum absolute atomic E-state index is 0.0773. The van der Waals surface area contributed by atoms with E-state index in [1.807, 2.05) is 13.1 Å². The second-order valence-electron chi connectivity index (χ2n) is 6.23. The third-order valence-electron chi connectivity index (χ3n) is 2.93. The van der Waals surface area contributed by atoms with Gasteiger partial charge in [0.05, 0.1) is 19.1 Å². The maximum atomic E-state index is 12.1. The van der Waals surface area contributed by atoms with Crippen LogP contribution in [0.5, 0.6) is 5.88 Å². The number of hydrazine groups is 1. The maximum Gasteiger partial charge on any atom is 0.426 e. The minimum Gasteiger partial charge on any atom is -0.479 e. The molecule has 0 fully saturated rings. The first kappa shape index (κ1) is 18.2. The van der Waals surface area contributed by atoms with Crippen LogP contribution in [0.25, 0.3) is 5.69 Å². The molecule has 2 rings (SSSR count). The van der Waals surface area contributed by atoms with E-state index in [2.05, 4.69) is 20.8 Å². The van der Waals surface area contributed by atoms with Gasteiger partial charge in [0.25, 0.3) is 5.91 Å². The smallest absolute Gasteiger partial charge is 0.426 e. The lowest BCUT2D eigenvalue weighted by molar-refractivity contribution is 0.0483. The monoisotopic (exact) mass is 347 g/mol. The Bertz CT molecular complexity index is 779. The van der Waals surface area contributed by atoms with Crippen LogP contribution in [0.4, 0.5) is 4.79 Å². The molecular weight excluding hydrogens is 326 g/mol. The number of imidazole rings is 1. The van der Waals surface area contributed by atoms with E-state index in [-0.39, 0.29) is 11.6 Å². The molecule has 0 aliphatic carbocycles. The first-order valence-corrected chi connectivity index (χ1v) is 7.55. The summed E-state index contributed by atoms with van der Waals surface area (Å²) in [5.74, 6) is -0.347. The van der Waals surface area contributed by atoms with Gasteiger partial charge in [-0.15, -0.1) is 0 Å². The van der Waals surface area contributed by atoms with Crippen LogP contribution in [0.1, 0.15) is 37.0 Å². The van der Waals surface area contributed by atoms with Crippen LogP contribution in [0, 0.1) is 6.92 Å². The van der Waals surface area contributed by atoms with E-state index < -0.39 is 17.6 Å². The van der Waals surface area contributed by atoms with Crippen molar-refractivity contribution in [3.05, 3.63) is 36.0 Å². The van der Waals surface area contributed by atoms with Crippen LogP contribution < -0.4 is 15.6 Å². The number of amides is 2. The molecule has 0 saturated carbocycles. The van der Waals surface area contributed by atoms with Gasteiger partial charge in [0.1, 0.15) is 17.0 Å². The first-order chi connectivity index (χ1) is 11.7. The van der Waals surface area contributed by atoms with E-state index in [4.69, 9.17) is 9.47 Å². The summed E-state index contributed by atoms with van der Waals surface area (Å²) in [5.41, 5.74) is 5.29. The Morgan fingerprint density at radius 3 is 2.48 bits per heavy atom. The van der Waals surface area contributed by atoms with Crippen molar-refractivity contribution in [2.24, 2.45) is 0 Å². The minimum atomic E-state index is -0.765. The van der Waals surface area contributed by atoms with Gasteiger partial charge in [0.15, 0.2) is 0 Å². The fourth-order valence-corrected chi connectivity index (χ4v) is 1.93. The predicted octanol–water partition coefficient (Wildman–Crippen LogP) is 1.75. The number of pyridine rings is 1. The lowest BCUT2D eigenvalue weighted by atomic mass is 10.2. The number of rotatable bonds is 3. The van der Waals surface area contributed by atoms with E-state index in [1.54, 1.807) is 37.7 Å². The van der Waals surface area contributed by atoms with Crippen LogP contribution in [0.2, 0.25) is 0 Å². The van der Waals surface area contributed by atoms with E-state index >= 15 is 0 Å². The summed E-state index contributed by atoms with van der Waals surface area (Å²) in [6.07, 6.45) is 2.67. The van der Waals surface area contributed by atoms with Crippen molar-refractivity contribution < 1.29 is 19.1 Å². The molecule has 0 aromatic carbocycles. The van der Waals surface area contributed by atoms with E-state index in [9.17, 15) is 9.59 Å². The molecule has 25 heavy (non-hydrogen) atoms. The standard InChI is InChI=1S/C16H21N5O4/c1-10-8-21(9-17-10)12-7-6-11(18-14(12)24-5)13(22)19-20-15(23)25-16(2,3)4/h6-9H,1-5H3,(H,19,22)(H,20,23). The van der Waals surface area contributed by atoms with Crippen LogP contribution >= 0.6 is 0 Å². The van der Waals surface area contributed by atoms with Gasteiger partial charge in [-0.1, -0.05) is 0 Å². The quantitative estimate of drug-likeness (QED) is 0.819. The number of aromatic nitrogens is 3. The number of carbonyl (C=O) groups is 2. The second kappa shape index (κ2) is 7.20.